The summed E-state index contributed by atoms with van der Waals surface area (Å²) in [4.78, 5) is 0. The van der Waals surface area contributed by atoms with E-state index in [1.807, 2.05) is 0 Å². The Morgan fingerprint density at radius 1 is 1.13 bits per heavy atom. The molecule has 1 saturated carbocycles. The van der Waals surface area contributed by atoms with Crippen LogP contribution in [0.4, 0.5) is 0 Å². The van der Waals surface area contributed by atoms with Crippen LogP contribution in [0.15, 0.2) is 0 Å². The largest absolute Gasteiger partial charge is 0.393 e. The predicted molar refractivity (Wildman–Crippen MR) is 51.9 cm³/mol. The normalized spacial score (nSPS) is 66.0. The standard InChI is InChI=1S/C11H17NO3/c1-6-2-3-7(13)9-8(6)10(4-14-10)12-11(9)5-15-11/h6-9,12-13H,2-5H2,1H3/t6-,7?,8?,9?,10?,11?/m1/s1. The zero-order valence-electron chi connectivity index (χ0n) is 8.90. The predicted octanol–water partition coefficient (Wildman–Crippen LogP) is 0.0658. The number of aliphatic hydroxyl groups is 1. The minimum atomic E-state index is -0.241. The van der Waals surface area contributed by atoms with Crippen LogP contribution in [-0.4, -0.2) is 35.9 Å². The van der Waals surface area contributed by atoms with Crippen molar-refractivity contribution in [2.24, 2.45) is 17.8 Å². The van der Waals surface area contributed by atoms with Crippen LogP contribution in [0.2, 0.25) is 0 Å². The second-order valence-corrected chi connectivity index (χ2v) is 5.65. The van der Waals surface area contributed by atoms with Crippen molar-refractivity contribution in [3.05, 3.63) is 0 Å². The van der Waals surface area contributed by atoms with E-state index in [9.17, 15) is 5.11 Å². The molecule has 15 heavy (non-hydrogen) atoms. The van der Waals surface area contributed by atoms with E-state index in [0.29, 0.717) is 11.8 Å². The molecule has 6 atom stereocenters. The third kappa shape index (κ3) is 0.965. The summed E-state index contributed by atoms with van der Waals surface area (Å²) in [5, 5.41) is 13.6. The third-order valence-corrected chi connectivity index (χ3v) is 4.74. The summed E-state index contributed by atoms with van der Waals surface area (Å²) in [5.41, 5.74) is -0.392. The smallest absolute Gasteiger partial charge is 0.151 e. The molecule has 0 aromatic heterocycles. The van der Waals surface area contributed by atoms with Crippen molar-refractivity contribution in [3.8, 4) is 0 Å². The number of nitrogens with one attached hydrogen (secondary N) is 1. The lowest BCUT2D eigenvalue weighted by Gasteiger charge is -2.37. The molecule has 0 bridgehead atoms. The van der Waals surface area contributed by atoms with Crippen molar-refractivity contribution >= 4 is 0 Å². The first kappa shape index (κ1) is 8.93. The maximum Gasteiger partial charge on any atom is 0.151 e. The van der Waals surface area contributed by atoms with Crippen LogP contribution in [0.1, 0.15) is 19.8 Å². The van der Waals surface area contributed by atoms with E-state index in [1.165, 1.54) is 0 Å². The summed E-state index contributed by atoms with van der Waals surface area (Å²) in [6.45, 7) is 3.80. The lowest BCUT2D eigenvalue weighted by molar-refractivity contribution is -0.0185. The van der Waals surface area contributed by atoms with Gasteiger partial charge in [-0.1, -0.05) is 6.92 Å². The van der Waals surface area contributed by atoms with E-state index in [2.05, 4.69) is 12.2 Å². The van der Waals surface area contributed by atoms with Crippen LogP contribution >= 0.6 is 0 Å². The Labute approximate surface area is 88.9 Å². The molecule has 3 saturated heterocycles. The molecule has 3 heterocycles. The molecule has 4 heteroatoms. The van der Waals surface area contributed by atoms with Crippen LogP contribution < -0.4 is 5.32 Å². The van der Waals surface area contributed by atoms with Gasteiger partial charge in [-0.05, 0) is 18.8 Å². The second-order valence-electron chi connectivity index (χ2n) is 5.65. The molecule has 0 radical (unpaired) electrons. The number of hydrogen-bond donors (Lipinski definition) is 2. The Hall–Kier alpha value is -0.160. The van der Waals surface area contributed by atoms with Crippen molar-refractivity contribution in [2.45, 2.75) is 37.3 Å². The Morgan fingerprint density at radius 2 is 1.73 bits per heavy atom. The highest BCUT2D eigenvalue weighted by Gasteiger charge is 2.75. The average molecular weight is 211 g/mol. The quantitative estimate of drug-likeness (QED) is 0.557. The SMILES string of the molecule is C[C@@H]1CCC(O)C2C1C1(CO1)NC21CO1. The molecule has 2 spiro atoms. The number of rotatable bonds is 0. The molecule has 1 aliphatic carbocycles. The van der Waals surface area contributed by atoms with Gasteiger partial charge in [-0.15, -0.1) is 0 Å². The van der Waals surface area contributed by atoms with E-state index < -0.39 is 0 Å². The molecular weight excluding hydrogens is 194 g/mol. The fraction of sp³-hybridized carbons (Fsp3) is 1.00. The number of ether oxygens (including phenoxy) is 2. The van der Waals surface area contributed by atoms with Crippen molar-refractivity contribution in [3.63, 3.8) is 0 Å². The van der Waals surface area contributed by atoms with Crippen molar-refractivity contribution in [2.75, 3.05) is 13.2 Å². The van der Waals surface area contributed by atoms with Gasteiger partial charge < -0.3 is 14.6 Å². The second kappa shape index (κ2) is 2.40. The highest BCUT2D eigenvalue weighted by atomic mass is 16.7. The number of hydrogen-bond acceptors (Lipinski definition) is 4. The molecule has 0 aromatic carbocycles. The number of aliphatic hydroxyl groups excluding tert-OH is 1. The zero-order valence-corrected chi connectivity index (χ0v) is 8.90. The summed E-state index contributed by atoms with van der Waals surface area (Å²) in [7, 11) is 0. The molecule has 3 aliphatic heterocycles. The summed E-state index contributed by atoms with van der Waals surface area (Å²) < 4.78 is 11.2. The van der Waals surface area contributed by atoms with E-state index in [0.717, 1.165) is 26.1 Å². The van der Waals surface area contributed by atoms with E-state index >= 15 is 0 Å². The van der Waals surface area contributed by atoms with Crippen LogP contribution in [0, 0.1) is 17.8 Å². The van der Waals surface area contributed by atoms with Crippen molar-refractivity contribution in [1.82, 2.24) is 5.32 Å². The van der Waals surface area contributed by atoms with Gasteiger partial charge in [0.25, 0.3) is 0 Å². The summed E-state index contributed by atoms with van der Waals surface area (Å²) >= 11 is 0. The summed E-state index contributed by atoms with van der Waals surface area (Å²) in [6.07, 6.45) is 1.79. The first-order valence-electron chi connectivity index (χ1n) is 5.92. The number of fused-ring (bicyclic) bond motifs is 3. The fourth-order valence-corrected chi connectivity index (χ4v) is 3.95. The van der Waals surface area contributed by atoms with Crippen molar-refractivity contribution in [1.29, 1.82) is 0 Å². The first-order chi connectivity index (χ1) is 7.17. The van der Waals surface area contributed by atoms with Gasteiger partial charge in [-0.25, -0.2) is 0 Å². The Balaban J connectivity index is 1.76. The molecule has 4 nitrogen and oxygen atoms in total. The molecule has 2 N–H and O–H groups in total. The van der Waals surface area contributed by atoms with Crippen LogP contribution in [0.3, 0.4) is 0 Å². The molecule has 4 rings (SSSR count). The topological polar surface area (TPSA) is 57.3 Å². The van der Waals surface area contributed by atoms with Gasteiger partial charge in [0.05, 0.1) is 19.3 Å². The molecule has 4 fully saturated rings. The fourth-order valence-electron chi connectivity index (χ4n) is 3.95. The highest BCUT2D eigenvalue weighted by Crippen LogP contribution is 2.60. The molecule has 0 aromatic rings. The summed E-state index contributed by atoms with van der Waals surface area (Å²) in [6, 6.07) is 0. The van der Waals surface area contributed by atoms with Crippen molar-refractivity contribution < 1.29 is 14.6 Å². The van der Waals surface area contributed by atoms with Gasteiger partial charge in [0.1, 0.15) is 5.72 Å². The van der Waals surface area contributed by atoms with Gasteiger partial charge in [0.15, 0.2) is 5.72 Å². The van der Waals surface area contributed by atoms with E-state index in [1.54, 1.807) is 0 Å². The van der Waals surface area contributed by atoms with Gasteiger partial charge in [0.2, 0.25) is 0 Å². The lowest BCUT2D eigenvalue weighted by Crippen LogP contribution is -2.43. The average Bonchev–Trinajstić information content (AvgIpc) is 3.06. The highest BCUT2D eigenvalue weighted by molar-refractivity contribution is 5.20. The molecule has 84 valence electrons. The first-order valence-corrected chi connectivity index (χ1v) is 5.92. The Bertz CT molecular complexity index is 281. The molecular formula is C11H17NO3. The molecule has 0 amide bonds. The monoisotopic (exact) mass is 211 g/mol. The van der Waals surface area contributed by atoms with Crippen LogP contribution in [0.25, 0.3) is 0 Å². The maximum absolute atomic E-state index is 10.2. The van der Waals surface area contributed by atoms with Gasteiger partial charge in [-0.3, -0.25) is 5.32 Å². The van der Waals surface area contributed by atoms with E-state index in [4.69, 9.17) is 9.47 Å². The van der Waals surface area contributed by atoms with Gasteiger partial charge in [0, 0.05) is 11.8 Å². The summed E-state index contributed by atoms with van der Waals surface area (Å²) in [5.74, 6) is 1.30. The third-order valence-electron chi connectivity index (χ3n) is 4.74. The Kier molecular flexibility index (Phi) is 1.43. The van der Waals surface area contributed by atoms with Crippen LogP contribution in [0.5, 0.6) is 0 Å². The van der Waals surface area contributed by atoms with E-state index in [-0.39, 0.29) is 23.5 Å². The maximum atomic E-state index is 10.2. The number of epoxide rings is 2. The van der Waals surface area contributed by atoms with Crippen LogP contribution in [-0.2, 0) is 9.47 Å². The Morgan fingerprint density at radius 3 is 2.33 bits per heavy atom. The molecule has 5 unspecified atom stereocenters. The minimum absolute atomic E-state index is 0.151. The van der Waals surface area contributed by atoms with Gasteiger partial charge >= 0.3 is 0 Å². The zero-order chi connectivity index (χ0) is 10.3. The lowest BCUT2D eigenvalue weighted by atomic mass is 9.68. The minimum Gasteiger partial charge on any atom is -0.393 e. The van der Waals surface area contributed by atoms with Gasteiger partial charge in [-0.2, -0.15) is 0 Å². The molecule has 4 aliphatic rings.